The average molecular weight is 796 g/mol. The molecule has 3 saturated heterocycles. The van der Waals surface area contributed by atoms with Crippen molar-refractivity contribution in [1.29, 1.82) is 0 Å². The average Bonchev–Trinajstić information content (AvgIpc) is 3.99. The van der Waals surface area contributed by atoms with E-state index < -0.39 is 152 Å². The Labute approximate surface area is 316 Å². The molecule has 3 aliphatic heterocycles. The van der Waals surface area contributed by atoms with Gasteiger partial charge in [-0.15, -0.1) is 0 Å². The summed E-state index contributed by atoms with van der Waals surface area (Å²) in [6.45, 7) is 8.62. The van der Waals surface area contributed by atoms with Gasteiger partial charge in [-0.2, -0.15) is 0 Å². The molecule has 15 nitrogen and oxygen atoms in total. The zero-order valence-electron chi connectivity index (χ0n) is 30.5. The van der Waals surface area contributed by atoms with Crippen LogP contribution in [0.25, 0.3) is 0 Å². The Morgan fingerprint density at radius 2 is 1.61 bits per heavy atom. The van der Waals surface area contributed by atoms with Crippen LogP contribution in [0.4, 0.5) is 0 Å². The van der Waals surface area contributed by atoms with Gasteiger partial charge in [0.1, 0.15) is 30.2 Å². The molecule has 0 aromatic heterocycles. The third-order valence-corrected chi connectivity index (χ3v) is 17.7. The number of fused-ring (bicyclic) bond motifs is 9. The Balaban J connectivity index is 1.27. The second-order valence-corrected chi connectivity index (χ2v) is 19.9. The molecule has 6 N–H and O–H groups in total. The molecule has 0 bridgehead atoms. The second-order valence-electron chi connectivity index (χ2n) is 17.8. The summed E-state index contributed by atoms with van der Waals surface area (Å²) in [5, 5.41) is 63.1. The molecule has 5 aliphatic carbocycles. The van der Waals surface area contributed by atoms with Crippen LogP contribution in [-0.2, 0) is 43.4 Å². The van der Waals surface area contributed by atoms with Crippen molar-refractivity contribution in [2.45, 2.75) is 119 Å². The first-order valence-electron chi connectivity index (χ1n) is 18.5. The number of hydrogen-bond donors (Lipinski definition) is 6. The maximum Gasteiger partial charge on any atom is 0.341 e. The number of aliphatic hydroxyl groups excluding tert-OH is 4. The van der Waals surface area contributed by atoms with Crippen molar-refractivity contribution in [2.75, 3.05) is 0 Å². The molecular weight excluding hydrogens is 750 g/mol. The Hall–Kier alpha value is -2.25. The van der Waals surface area contributed by atoms with Gasteiger partial charge in [0.25, 0.3) is 0 Å². The lowest BCUT2D eigenvalue weighted by Crippen LogP contribution is -2.77. The molecule has 21 atom stereocenters. The van der Waals surface area contributed by atoms with Gasteiger partial charge in [-0.3, -0.25) is 9.59 Å². The number of benzene rings is 1. The number of carbonyl (C=O) groups is 3. The highest BCUT2D eigenvalue weighted by Gasteiger charge is 2.93. The molecule has 296 valence electrons. The first kappa shape index (κ1) is 37.3. The van der Waals surface area contributed by atoms with E-state index in [9.17, 15) is 48.3 Å². The minimum absolute atomic E-state index is 0.152. The molecule has 1 unspecified atom stereocenters. The number of halogens is 1. The fourth-order valence-electron chi connectivity index (χ4n) is 13.7. The summed E-state index contributed by atoms with van der Waals surface area (Å²) in [4.78, 5) is 40.8. The van der Waals surface area contributed by atoms with Crippen LogP contribution in [0.15, 0.2) is 29.2 Å². The summed E-state index contributed by atoms with van der Waals surface area (Å²) in [5.41, 5.74) is -7.39. The van der Waals surface area contributed by atoms with Crippen molar-refractivity contribution in [3.63, 3.8) is 0 Å². The Bertz CT molecular complexity index is 1960. The van der Waals surface area contributed by atoms with Crippen LogP contribution < -0.4 is 4.72 Å². The maximum absolute atomic E-state index is 14.6. The van der Waals surface area contributed by atoms with E-state index in [2.05, 4.69) is 4.72 Å². The third-order valence-electron chi connectivity index (χ3n) is 16.0. The van der Waals surface area contributed by atoms with Crippen molar-refractivity contribution >= 4 is 39.3 Å². The van der Waals surface area contributed by atoms with Crippen molar-refractivity contribution in [2.24, 2.45) is 57.7 Å². The number of aliphatic hydroxyl groups is 5. The van der Waals surface area contributed by atoms with E-state index in [1.54, 1.807) is 20.8 Å². The van der Waals surface area contributed by atoms with Crippen LogP contribution in [0.3, 0.4) is 0 Å². The lowest BCUT2D eigenvalue weighted by atomic mass is 9.39. The van der Waals surface area contributed by atoms with Gasteiger partial charge in [-0.25, -0.2) is 17.9 Å². The lowest BCUT2D eigenvalue weighted by molar-refractivity contribution is -0.278. The molecule has 0 radical (unpaired) electrons. The Morgan fingerprint density at radius 1 is 0.963 bits per heavy atom. The van der Waals surface area contributed by atoms with E-state index in [0.29, 0.717) is 5.02 Å². The highest BCUT2D eigenvalue weighted by atomic mass is 35.5. The number of Topliss-reactive ketones (excluding diaryl/α,β-unsaturated/α-hetero) is 1. The van der Waals surface area contributed by atoms with Crippen LogP contribution >= 0.6 is 11.6 Å². The number of epoxide rings is 2. The number of sulfonamides is 1. The van der Waals surface area contributed by atoms with Gasteiger partial charge < -0.3 is 44.5 Å². The number of ether oxygens (including phenoxy) is 4. The molecule has 9 rings (SSSR count). The van der Waals surface area contributed by atoms with Crippen molar-refractivity contribution < 1.29 is 67.3 Å². The zero-order valence-corrected chi connectivity index (χ0v) is 32.0. The van der Waals surface area contributed by atoms with Crippen molar-refractivity contribution in [3.05, 3.63) is 29.3 Å². The zero-order chi connectivity index (χ0) is 39.2. The fourth-order valence-corrected chi connectivity index (χ4v) is 15.1. The highest BCUT2D eigenvalue weighted by molar-refractivity contribution is 7.89. The van der Waals surface area contributed by atoms with E-state index in [4.69, 9.17) is 30.5 Å². The third kappa shape index (κ3) is 4.06. The second kappa shape index (κ2) is 11.0. The summed E-state index contributed by atoms with van der Waals surface area (Å²) in [6, 6.07) is 4.07. The molecular formula is C37H46ClNO14S. The Kier molecular flexibility index (Phi) is 7.62. The topological polar surface area (TPSA) is 242 Å². The van der Waals surface area contributed by atoms with Gasteiger partial charge in [0.15, 0.2) is 5.60 Å². The normalized spacial score (nSPS) is 56.1. The van der Waals surface area contributed by atoms with E-state index in [0.717, 1.165) is 6.92 Å². The smallest absolute Gasteiger partial charge is 0.341 e. The van der Waals surface area contributed by atoms with E-state index in [1.807, 2.05) is 0 Å². The predicted molar refractivity (Wildman–Crippen MR) is 182 cm³/mol. The maximum atomic E-state index is 14.6. The summed E-state index contributed by atoms with van der Waals surface area (Å²) in [5.74, 6) is -11.7. The van der Waals surface area contributed by atoms with Gasteiger partial charge in [0.05, 0.1) is 46.2 Å². The number of carbonyl (C=O) groups excluding carboxylic acids is 3. The molecule has 3 heterocycles. The van der Waals surface area contributed by atoms with Crippen LogP contribution in [-0.4, -0.2) is 118 Å². The van der Waals surface area contributed by atoms with Crippen LogP contribution in [0.1, 0.15) is 48.0 Å². The van der Waals surface area contributed by atoms with E-state index >= 15 is 0 Å². The van der Waals surface area contributed by atoms with Crippen molar-refractivity contribution in [3.8, 4) is 0 Å². The SMILES string of the molecule is CC(=O)O[C@H]1[C@H]2[C@@H]([C@@H](O)[C@H](NS(=O)(=O)c3ccc(Cl)cc3)C3C[C@@H]4O[C@@H]4[C@H](O)[C@@]32C)[C@@H]2[C@@H](O)[C@@H]3[C@H]([C@H](C)[C@H]4O[C@]45OC(=O)[C@@](C)(O)[C@]35C)[C@@]2(C(C)=O)[C@H]1O. The first-order chi connectivity index (χ1) is 25.1. The fraction of sp³-hybridized carbons (Fsp3) is 0.757. The standard InChI is InChI=1S/C37H46ClNO14S/c1-12-20-23(34(5)35(6,47)32(46)53-37(34)31(12)52-37)26(43)21-19-22(28(50-14(3)41)30(45)36(20,21)13(2)40)33(4)17(11-18-27(51-18)29(33)44)24(25(19)42)39-54(48,49)16-9-7-15(38)8-10-16/h7-10,12,17-31,39,42-45,47H,11H2,1-6H3/t12-,17?,18-,19-,20-,21+,22+,23-,24+,25+,26+,27-,28-,29-,30-,31+,33-,34-,35+,36+,37-/m0/s1. The number of rotatable bonds is 5. The number of ketones is 1. The lowest BCUT2D eigenvalue weighted by Gasteiger charge is -2.67. The van der Waals surface area contributed by atoms with Crippen molar-refractivity contribution in [1.82, 2.24) is 4.72 Å². The Morgan fingerprint density at radius 3 is 2.22 bits per heavy atom. The first-order valence-corrected chi connectivity index (χ1v) is 20.4. The van der Waals surface area contributed by atoms with Gasteiger partial charge >= 0.3 is 11.9 Å². The molecule has 1 aromatic carbocycles. The predicted octanol–water partition coefficient (Wildman–Crippen LogP) is -0.0881. The monoisotopic (exact) mass is 795 g/mol. The van der Waals surface area contributed by atoms with Gasteiger partial charge in [-0.05, 0) is 75.1 Å². The molecule has 54 heavy (non-hydrogen) atoms. The van der Waals surface area contributed by atoms with Crippen LogP contribution in [0, 0.1) is 57.7 Å². The molecule has 8 aliphatic rings. The van der Waals surface area contributed by atoms with Gasteiger partial charge in [0, 0.05) is 35.1 Å². The summed E-state index contributed by atoms with van der Waals surface area (Å²) < 4.78 is 54.6. The quantitative estimate of drug-likeness (QED) is 0.169. The molecule has 5 saturated carbocycles. The molecule has 17 heteroatoms. The number of nitrogens with one attached hydrogen (secondary N) is 1. The summed E-state index contributed by atoms with van der Waals surface area (Å²) in [6.07, 6.45) is -9.85. The number of esters is 2. The highest BCUT2D eigenvalue weighted by Crippen LogP contribution is 2.80. The van der Waals surface area contributed by atoms with Gasteiger partial charge in [0.2, 0.25) is 15.8 Å². The molecule has 0 amide bonds. The van der Waals surface area contributed by atoms with Gasteiger partial charge in [-0.1, -0.05) is 25.4 Å². The van der Waals surface area contributed by atoms with E-state index in [1.165, 1.54) is 38.1 Å². The van der Waals surface area contributed by atoms with Crippen LogP contribution in [0.5, 0.6) is 0 Å². The molecule has 1 spiro atoms. The molecule has 1 aromatic rings. The summed E-state index contributed by atoms with van der Waals surface area (Å²) >= 11 is 6.05. The van der Waals surface area contributed by atoms with Crippen LogP contribution in [0.2, 0.25) is 5.02 Å². The van der Waals surface area contributed by atoms with E-state index in [-0.39, 0.29) is 11.3 Å². The number of hydrogen-bond acceptors (Lipinski definition) is 14. The largest absolute Gasteiger partial charge is 0.459 e. The summed E-state index contributed by atoms with van der Waals surface area (Å²) in [7, 11) is -4.39. The minimum atomic E-state index is -4.39. The minimum Gasteiger partial charge on any atom is -0.459 e. The molecule has 8 fully saturated rings.